The molecule has 130 valence electrons. The summed E-state index contributed by atoms with van der Waals surface area (Å²) in [7, 11) is 0. The molecule has 0 radical (unpaired) electrons. The van der Waals surface area contributed by atoms with Crippen LogP contribution < -0.4 is 5.32 Å². The van der Waals surface area contributed by atoms with Crippen molar-refractivity contribution >= 4 is 11.8 Å². The van der Waals surface area contributed by atoms with Crippen LogP contribution >= 0.6 is 0 Å². The lowest BCUT2D eigenvalue weighted by Gasteiger charge is -2.38. The van der Waals surface area contributed by atoms with Crippen molar-refractivity contribution in [1.82, 2.24) is 10.2 Å². The number of fused-ring (bicyclic) bond motifs is 1. The molecule has 4 heteroatoms. The van der Waals surface area contributed by atoms with E-state index in [-0.39, 0.29) is 17.4 Å². The van der Waals surface area contributed by atoms with Gasteiger partial charge in [0.2, 0.25) is 5.91 Å². The topological polar surface area (TPSA) is 49.4 Å². The number of nitrogens with zero attached hydrogens (tertiary/aromatic N) is 1. The number of nitrogens with one attached hydrogen (secondary N) is 1. The summed E-state index contributed by atoms with van der Waals surface area (Å²) in [6, 6.07) is 16.4. The number of benzene rings is 2. The smallest absolute Gasteiger partial charge is 0.254 e. The second-order valence-electron chi connectivity index (χ2n) is 7.46. The predicted octanol–water partition coefficient (Wildman–Crippen LogP) is 3.34. The summed E-state index contributed by atoms with van der Waals surface area (Å²) in [6.45, 7) is 6.38. The fourth-order valence-electron chi connectivity index (χ4n) is 3.25. The molecule has 0 fully saturated rings. The Hall–Kier alpha value is -2.62. The van der Waals surface area contributed by atoms with Crippen LogP contribution in [0.5, 0.6) is 0 Å². The van der Waals surface area contributed by atoms with Crippen molar-refractivity contribution in [1.29, 1.82) is 0 Å². The van der Waals surface area contributed by atoms with E-state index in [2.05, 4.69) is 5.32 Å². The van der Waals surface area contributed by atoms with Crippen LogP contribution in [0.2, 0.25) is 0 Å². The van der Waals surface area contributed by atoms with E-state index in [0.29, 0.717) is 12.1 Å². The standard InChI is InChI=1S/C21H24N2O2/c1-21(2,3)22-19(24)18-17-12-8-7-9-15(17)13-14-23(18)20(25)16-10-5-4-6-11-16/h4-12,18H,13-14H2,1-3H3,(H,22,24). The van der Waals surface area contributed by atoms with E-state index in [1.165, 1.54) is 0 Å². The van der Waals surface area contributed by atoms with Crippen molar-refractivity contribution in [2.75, 3.05) is 6.54 Å². The molecule has 1 N–H and O–H groups in total. The van der Waals surface area contributed by atoms with Crippen LogP contribution in [-0.2, 0) is 11.2 Å². The van der Waals surface area contributed by atoms with Crippen molar-refractivity contribution in [3.05, 3.63) is 71.3 Å². The molecule has 1 aliphatic heterocycles. The summed E-state index contributed by atoms with van der Waals surface area (Å²) >= 11 is 0. The molecule has 4 nitrogen and oxygen atoms in total. The molecule has 0 saturated heterocycles. The zero-order valence-electron chi connectivity index (χ0n) is 15.0. The molecule has 0 aliphatic carbocycles. The lowest BCUT2D eigenvalue weighted by molar-refractivity contribution is -0.127. The number of carbonyl (C=O) groups is 2. The third-order valence-corrected chi connectivity index (χ3v) is 4.31. The first-order valence-corrected chi connectivity index (χ1v) is 8.63. The maximum Gasteiger partial charge on any atom is 0.254 e. The van der Waals surface area contributed by atoms with Crippen LogP contribution in [0.4, 0.5) is 0 Å². The SMILES string of the molecule is CC(C)(C)NC(=O)C1c2ccccc2CCN1C(=O)c1ccccc1. The number of hydrogen-bond acceptors (Lipinski definition) is 2. The van der Waals surface area contributed by atoms with Crippen molar-refractivity contribution in [3.63, 3.8) is 0 Å². The molecule has 0 saturated carbocycles. The highest BCUT2D eigenvalue weighted by Crippen LogP contribution is 2.31. The number of carbonyl (C=O) groups excluding carboxylic acids is 2. The molecule has 2 amide bonds. The second-order valence-corrected chi connectivity index (χ2v) is 7.46. The number of hydrogen-bond donors (Lipinski definition) is 1. The van der Waals surface area contributed by atoms with Gasteiger partial charge in [0.1, 0.15) is 6.04 Å². The summed E-state index contributed by atoms with van der Waals surface area (Å²) in [4.78, 5) is 27.7. The first-order chi connectivity index (χ1) is 11.9. The average Bonchev–Trinajstić information content (AvgIpc) is 2.59. The molecule has 1 unspecified atom stereocenters. The highest BCUT2D eigenvalue weighted by Gasteiger charge is 2.37. The van der Waals surface area contributed by atoms with Gasteiger partial charge in [0, 0.05) is 17.6 Å². The van der Waals surface area contributed by atoms with E-state index < -0.39 is 6.04 Å². The number of rotatable bonds is 2. The van der Waals surface area contributed by atoms with E-state index in [4.69, 9.17) is 0 Å². The Morgan fingerprint density at radius 1 is 1.00 bits per heavy atom. The van der Waals surface area contributed by atoms with Crippen LogP contribution in [0.25, 0.3) is 0 Å². The zero-order valence-corrected chi connectivity index (χ0v) is 15.0. The van der Waals surface area contributed by atoms with E-state index in [0.717, 1.165) is 17.5 Å². The molecule has 0 spiro atoms. The van der Waals surface area contributed by atoms with E-state index >= 15 is 0 Å². The van der Waals surface area contributed by atoms with Crippen molar-refractivity contribution in [2.24, 2.45) is 0 Å². The Morgan fingerprint density at radius 2 is 1.64 bits per heavy atom. The predicted molar refractivity (Wildman–Crippen MR) is 98.3 cm³/mol. The molecule has 3 rings (SSSR count). The molecule has 0 bridgehead atoms. The van der Waals surface area contributed by atoms with Crippen LogP contribution in [0.15, 0.2) is 54.6 Å². The third-order valence-electron chi connectivity index (χ3n) is 4.31. The summed E-state index contributed by atoms with van der Waals surface area (Å²) in [5.74, 6) is -0.243. The van der Waals surface area contributed by atoms with Gasteiger partial charge in [0.15, 0.2) is 0 Å². The molecule has 1 aliphatic rings. The van der Waals surface area contributed by atoms with Gasteiger partial charge in [0.25, 0.3) is 5.91 Å². The van der Waals surface area contributed by atoms with Gasteiger partial charge in [-0.3, -0.25) is 9.59 Å². The molecule has 2 aromatic rings. The van der Waals surface area contributed by atoms with Crippen molar-refractivity contribution in [2.45, 2.75) is 38.8 Å². The van der Waals surface area contributed by atoms with Gasteiger partial charge >= 0.3 is 0 Å². The lowest BCUT2D eigenvalue weighted by atomic mass is 9.90. The highest BCUT2D eigenvalue weighted by molar-refractivity contribution is 5.98. The minimum Gasteiger partial charge on any atom is -0.349 e. The molecule has 25 heavy (non-hydrogen) atoms. The highest BCUT2D eigenvalue weighted by atomic mass is 16.2. The summed E-state index contributed by atoms with van der Waals surface area (Å²) in [5, 5.41) is 3.03. The van der Waals surface area contributed by atoms with E-state index in [1.54, 1.807) is 17.0 Å². The monoisotopic (exact) mass is 336 g/mol. The molecule has 1 atom stereocenters. The van der Waals surface area contributed by atoms with Crippen LogP contribution in [0.1, 0.15) is 48.3 Å². The minimum absolute atomic E-state index is 0.107. The van der Waals surface area contributed by atoms with Gasteiger partial charge < -0.3 is 10.2 Å². The van der Waals surface area contributed by atoms with Crippen molar-refractivity contribution < 1.29 is 9.59 Å². The van der Waals surface area contributed by atoms with Gasteiger partial charge in [-0.15, -0.1) is 0 Å². The Labute approximate surface area is 148 Å². The molecular formula is C21H24N2O2. The first-order valence-electron chi connectivity index (χ1n) is 8.63. The van der Waals surface area contributed by atoms with Gasteiger partial charge in [0.05, 0.1) is 0 Å². The van der Waals surface area contributed by atoms with Crippen molar-refractivity contribution in [3.8, 4) is 0 Å². The normalized spacial score (nSPS) is 16.9. The minimum atomic E-state index is -0.600. The Bertz CT molecular complexity index is 778. The lowest BCUT2D eigenvalue weighted by Crippen LogP contribution is -2.51. The summed E-state index contributed by atoms with van der Waals surface area (Å²) < 4.78 is 0. The van der Waals surface area contributed by atoms with Crippen LogP contribution in [0, 0.1) is 0 Å². The maximum atomic E-state index is 13.0. The Kier molecular flexibility index (Phi) is 4.62. The van der Waals surface area contributed by atoms with Gasteiger partial charge in [-0.05, 0) is 50.5 Å². The molecular weight excluding hydrogens is 312 g/mol. The van der Waals surface area contributed by atoms with Gasteiger partial charge in [-0.1, -0.05) is 42.5 Å². The molecule has 2 aromatic carbocycles. The summed E-state index contributed by atoms with van der Waals surface area (Å²) in [5.41, 5.74) is 2.30. The van der Waals surface area contributed by atoms with Crippen LogP contribution in [-0.4, -0.2) is 28.8 Å². The maximum absolute atomic E-state index is 13.0. The Balaban J connectivity index is 1.99. The third kappa shape index (κ3) is 3.73. The molecule has 1 heterocycles. The van der Waals surface area contributed by atoms with Gasteiger partial charge in [-0.2, -0.15) is 0 Å². The van der Waals surface area contributed by atoms with Gasteiger partial charge in [-0.25, -0.2) is 0 Å². The van der Waals surface area contributed by atoms with E-state index in [9.17, 15) is 9.59 Å². The quantitative estimate of drug-likeness (QED) is 0.914. The molecule has 0 aromatic heterocycles. The second kappa shape index (κ2) is 6.71. The fourth-order valence-corrected chi connectivity index (χ4v) is 3.25. The van der Waals surface area contributed by atoms with E-state index in [1.807, 2.05) is 63.2 Å². The average molecular weight is 336 g/mol. The van der Waals surface area contributed by atoms with Crippen LogP contribution in [0.3, 0.4) is 0 Å². The number of amides is 2. The largest absolute Gasteiger partial charge is 0.349 e. The fraction of sp³-hybridized carbons (Fsp3) is 0.333. The summed E-state index contributed by atoms with van der Waals surface area (Å²) in [6.07, 6.45) is 0.758. The Morgan fingerprint density at radius 3 is 2.32 bits per heavy atom. The first kappa shape index (κ1) is 17.2. The zero-order chi connectivity index (χ0) is 18.0.